The summed E-state index contributed by atoms with van der Waals surface area (Å²) in [5.74, 6) is 1.47. The van der Waals surface area contributed by atoms with Gasteiger partial charge in [0, 0.05) is 0 Å². The zero-order valence-electron chi connectivity index (χ0n) is 13.0. The fourth-order valence-electron chi connectivity index (χ4n) is 2.05. The minimum Gasteiger partial charge on any atom is -0.491 e. The van der Waals surface area contributed by atoms with Crippen LogP contribution in [0.15, 0.2) is 18.2 Å². The van der Waals surface area contributed by atoms with Gasteiger partial charge in [0.1, 0.15) is 17.2 Å². The van der Waals surface area contributed by atoms with Crippen LogP contribution in [0.5, 0.6) is 11.5 Å². The summed E-state index contributed by atoms with van der Waals surface area (Å²) in [7, 11) is 0. The SMILES string of the molecule is CCCCCCCCOc1cccc(OCCC)c1N. The van der Waals surface area contributed by atoms with Gasteiger partial charge in [-0.2, -0.15) is 0 Å². The first kappa shape index (κ1) is 16.7. The van der Waals surface area contributed by atoms with Crippen LogP contribution in [0.3, 0.4) is 0 Å². The normalized spacial score (nSPS) is 10.5. The van der Waals surface area contributed by atoms with Crippen molar-refractivity contribution < 1.29 is 9.47 Å². The molecule has 0 saturated carbocycles. The lowest BCUT2D eigenvalue weighted by Crippen LogP contribution is -2.03. The van der Waals surface area contributed by atoms with E-state index in [1.54, 1.807) is 0 Å². The summed E-state index contributed by atoms with van der Waals surface area (Å²) in [6.07, 6.45) is 8.55. The highest BCUT2D eigenvalue weighted by Gasteiger charge is 2.06. The Morgan fingerprint density at radius 3 is 2.05 bits per heavy atom. The Labute approximate surface area is 123 Å². The molecule has 0 radical (unpaired) electrons. The molecule has 0 amide bonds. The van der Waals surface area contributed by atoms with Gasteiger partial charge in [-0.15, -0.1) is 0 Å². The molecule has 1 aromatic rings. The molecule has 0 aliphatic rings. The monoisotopic (exact) mass is 279 g/mol. The van der Waals surface area contributed by atoms with Crippen molar-refractivity contribution in [1.82, 2.24) is 0 Å². The predicted molar refractivity (Wildman–Crippen MR) is 85.5 cm³/mol. The Morgan fingerprint density at radius 2 is 1.40 bits per heavy atom. The molecule has 1 rings (SSSR count). The largest absolute Gasteiger partial charge is 0.491 e. The molecule has 0 aliphatic heterocycles. The van der Waals surface area contributed by atoms with E-state index in [1.165, 1.54) is 32.1 Å². The van der Waals surface area contributed by atoms with Gasteiger partial charge in [0.2, 0.25) is 0 Å². The van der Waals surface area contributed by atoms with Crippen LogP contribution in [0.1, 0.15) is 58.8 Å². The van der Waals surface area contributed by atoms with E-state index >= 15 is 0 Å². The standard InChI is InChI=1S/C17H29NO2/c1-3-5-6-7-8-9-14-20-16-12-10-11-15(17(16)18)19-13-4-2/h10-12H,3-9,13-14,18H2,1-2H3. The summed E-state index contributed by atoms with van der Waals surface area (Å²) >= 11 is 0. The van der Waals surface area contributed by atoms with Gasteiger partial charge in [-0.05, 0) is 25.0 Å². The summed E-state index contributed by atoms with van der Waals surface area (Å²) in [4.78, 5) is 0. The van der Waals surface area contributed by atoms with Gasteiger partial charge in [-0.25, -0.2) is 0 Å². The number of anilines is 1. The molecule has 0 aliphatic carbocycles. The average Bonchev–Trinajstić information content (AvgIpc) is 2.46. The van der Waals surface area contributed by atoms with Crippen LogP contribution in [0.2, 0.25) is 0 Å². The van der Waals surface area contributed by atoms with Crippen molar-refractivity contribution in [3.05, 3.63) is 18.2 Å². The van der Waals surface area contributed by atoms with E-state index in [2.05, 4.69) is 13.8 Å². The lowest BCUT2D eigenvalue weighted by Gasteiger charge is -2.13. The summed E-state index contributed by atoms with van der Waals surface area (Å²) in [6.45, 7) is 5.73. The van der Waals surface area contributed by atoms with E-state index in [0.717, 1.165) is 30.9 Å². The molecule has 0 heterocycles. The van der Waals surface area contributed by atoms with Crippen molar-refractivity contribution in [1.29, 1.82) is 0 Å². The first-order chi connectivity index (χ1) is 9.79. The number of hydrogen-bond acceptors (Lipinski definition) is 3. The molecular formula is C17H29NO2. The zero-order valence-corrected chi connectivity index (χ0v) is 13.0. The van der Waals surface area contributed by atoms with Gasteiger partial charge >= 0.3 is 0 Å². The first-order valence-electron chi connectivity index (χ1n) is 7.93. The molecule has 0 atom stereocenters. The van der Waals surface area contributed by atoms with Gasteiger partial charge in [0.05, 0.1) is 13.2 Å². The van der Waals surface area contributed by atoms with Crippen LogP contribution in [-0.4, -0.2) is 13.2 Å². The lowest BCUT2D eigenvalue weighted by atomic mass is 10.1. The molecule has 0 saturated heterocycles. The fraction of sp³-hybridized carbons (Fsp3) is 0.647. The van der Waals surface area contributed by atoms with E-state index in [4.69, 9.17) is 15.2 Å². The van der Waals surface area contributed by atoms with Crippen LogP contribution in [0.4, 0.5) is 5.69 Å². The van der Waals surface area contributed by atoms with E-state index in [9.17, 15) is 0 Å². The van der Waals surface area contributed by atoms with E-state index < -0.39 is 0 Å². The summed E-state index contributed by atoms with van der Waals surface area (Å²) in [5.41, 5.74) is 6.67. The number of benzene rings is 1. The van der Waals surface area contributed by atoms with Crippen molar-refractivity contribution in [2.24, 2.45) is 0 Å². The maximum atomic E-state index is 6.05. The van der Waals surface area contributed by atoms with E-state index in [1.807, 2.05) is 18.2 Å². The van der Waals surface area contributed by atoms with Crippen LogP contribution < -0.4 is 15.2 Å². The molecule has 0 fully saturated rings. The number of nitrogens with two attached hydrogens (primary N) is 1. The van der Waals surface area contributed by atoms with Crippen molar-refractivity contribution in [3.8, 4) is 11.5 Å². The van der Waals surface area contributed by atoms with E-state index in [-0.39, 0.29) is 0 Å². The van der Waals surface area contributed by atoms with Gasteiger partial charge in [0.25, 0.3) is 0 Å². The molecule has 3 nitrogen and oxygen atoms in total. The van der Waals surface area contributed by atoms with Crippen LogP contribution >= 0.6 is 0 Å². The molecule has 0 unspecified atom stereocenters. The Kier molecular flexibility index (Phi) is 8.68. The maximum Gasteiger partial charge on any atom is 0.146 e. The average molecular weight is 279 g/mol. The van der Waals surface area contributed by atoms with Gasteiger partial charge < -0.3 is 15.2 Å². The minimum absolute atomic E-state index is 0.618. The fourth-order valence-corrected chi connectivity index (χ4v) is 2.05. The van der Waals surface area contributed by atoms with Crippen LogP contribution in [0, 0.1) is 0 Å². The highest BCUT2D eigenvalue weighted by atomic mass is 16.5. The topological polar surface area (TPSA) is 44.5 Å². The smallest absolute Gasteiger partial charge is 0.146 e. The van der Waals surface area contributed by atoms with Crippen molar-refractivity contribution in [2.45, 2.75) is 58.8 Å². The molecular weight excluding hydrogens is 250 g/mol. The lowest BCUT2D eigenvalue weighted by molar-refractivity contribution is 0.297. The number of nitrogen functional groups attached to an aromatic ring is 1. The predicted octanol–water partition coefficient (Wildman–Crippen LogP) is 4.80. The third-order valence-electron chi connectivity index (χ3n) is 3.24. The Balaban J connectivity index is 2.29. The second kappa shape index (κ2) is 10.4. The Hall–Kier alpha value is -1.38. The minimum atomic E-state index is 0.618. The van der Waals surface area contributed by atoms with Gasteiger partial charge in [0.15, 0.2) is 0 Å². The molecule has 0 aromatic heterocycles. The second-order valence-electron chi connectivity index (χ2n) is 5.13. The van der Waals surface area contributed by atoms with Crippen LogP contribution in [-0.2, 0) is 0 Å². The number of rotatable bonds is 11. The maximum absolute atomic E-state index is 6.05. The first-order valence-corrected chi connectivity index (χ1v) is 7.93. The molecule has 2 N–H and O–H groups in total. The number of ether oxygens (including phenoxy) is 2. The quantitative estimate of drug-likeness (QED) is 0.467. The molecule has 0 spiro atoms. The molecule has 114 valence electrons. The Bertz CT molecular complexity index is 366. The third-order valence-corrected chi connectivity index (χ3v) is 3.24. The van der Waals surface area contributed by atoms with Crippen molar-refractivity contribution in [2.75, 3.05) is 18.9 Å². The van der Waals surface area contributed by atoms with Crippen molar-refractivity contribution >= 4 is 5.69 Å². The number of unbranched alkanes of at least 4 members (excludes halogenated alkanes) is 5. The molecule has 3 heteroatoms. The summed E-state index contributed by atoms with van der Waals surface area (Å²) in [5, 5.41) is 0. The molecule has 20 heavy (non-hydrogen) atoms. The molecule has 0 bridgehead atoms. The third kappa shape index (κ3) is 6.18. The summed E-state index contributed by atoms with van der Waals surface area (Å²) < 4.78 is 11.4. The number of para-hydroxylation sites is 1. The van der Waals surface area contributed by atoms with Crippen molar-refractivity contribution in [3.63, 3.8) is 0 Å². The zero-order chi connectivity index (χ0) is 14.6. The van der Waals surface area contributed by atoms with E-state index in [0.29, 0.717) is 12.3 Å². The summed E-state index contributed by atoms with van der Waals surface area (Å²) in [6, 6.07) is 5.73. The highest BCUT2D eigenvalue weighted by Crippen LogP contribution is 2.31. The van der Waals surface area contributed by atoms with Gasteiger partial charge in [-0.3, -0.25) is 0 Å². The Morgan fingerprint density at radius 1 is 0.800 bits per heavy atom. The van der Waals surface area contributed by atoms with Crippen LogP contribution in [0.25, 0.3) is 0 Å². The number of hydrogen-bond donors (Lipinski definition) is 1. The van der Waals surface area contributed by atoms with Gasteiger partial charge in [-0.1, -0.05) is 52.0 Å². The second-order valence-corrected chi connectivity index (χ2v) is 5.13. The molecule has 1 aromatic carbocycles. The highest BCUT2D eigenvalue weighted by molar-refractivity contribution is 5.62.